The van der Waals surface area contributed by atoms with Crippen LogP contribution in [0.2, 0.25) is 0 Å². The summed E-state index contributed by atoms with van der Waals surface area (Å²) in [6.45, 7) is 4.26. The van der Waals surface area contributed by atoms with Gasteiger partial charge in [0.1, 0.15) is 5.54 Å². The van der Waals surface area contributed by atoms with Gasteiger partial charge in [-0.05, 0) is 25.7 Å². The van der Waals surface area contributed by atoms with Gasteiger partial charge < -0.3 is 10.0 Å². The molecule has 0 aromatic carbocycles. The minimum atomic E-state index is -0.975. The van der Waals surface area contributed by atoms with Crippen molar-refractivity contribution in [3.8, 4) is 0 Å². The lowest BCUT2D eigenvalue weighted by Crippen LogP contribution is -2.57. The lowest BCUT2D eigenvalue weighted by molar-refractivity contribution is -0.161. The molecule has 1 rings (SSSR count). The van der Waals surface area contributed by atoms with E-state index in [2.05, 4.69) is 0 Å². The van der Waals surface area contributed by atoms with Crippen LogP contribution in [0.3, 0.4) is 0 Å². The van der Waals surface area contributed by atoms with Gasteiger partial charge in [0.25, 0.3) is 0 Å². The Balaban J connectivity index is 2.96. The normalized spacial score (nSPS) is 18.0. The smallest absolute Gasteiger partial charge is 0.329 e. The average molecular weight is 213 g/mol. The van der Waals surface area contributed by atoms with E-state index in [1.54, 1.807) is 4.90 Å². The Morgan fingerprint density at radius 2 is 2.00 bits per heavy atom. The number of aliphatic carboxylic acids is 1. The molecular weight excluding hydrogens is 194 g/mol. The van der Waals surface area contributed by atoms with Crippen LogP contribution in [-0.2, 0) is 9.59 Å². The molecule has 1 amide bonds. The van der Waals surface area contributed by atoms with Crippen molar-refractivity contribution < 1.29 is 14.7 Å². The second-order valence-electron chi connectivity index (χ2n) is 4.05. The first-order valence-electron chi connectivity index (χ1n) is 5.62. The monoisotopic (exact) mass is 213 g/mol. The molecule has 0 radical (unpaired) electrons. The van der Waals surface area contributed by atoms with E-state index in [1.807, 2.05) is 13.8 Å². The summed E-state index contributed by atoms with van der Waals surface area (Å²) in [5, 5.41) is 9.30. The van der Waals surface area contributed by atoms with E-state index in [0.29, 0.717) is 25.8 Å². The van der Waals surface area contributed by atoms with Crippen LogP contribution >= 0.6 is 0 Å². The van der Waals surface area contributed by atoms with Crippen LogP contribution in [0.4, 0.5) is 0 Å². The number of carboxylic acid groups (broad SMARTS) is 1. The van der Waals surface area contributed by atoms with Crippen LogP contribution < -0.4 is 0 Å². The third-order valence-corrected chi connectivity index (χ3v) is 3.41. The van der Waals surface area contributed by atoms with E-state index < -0.39 is 11.5 Å². The maximum atomic E-state index is 11.7. The van der Waals surface area contributed by atoms with Gasteiger partial charge in [0.2, 0.25) is 5.91 Å². The molecule has 1 aliphatic heterocycles. The van der Waals surface area contributed by atoms with Crippen molar-refractivity contribution in [3.63, 3.8) is 0 Å². The van der Waals surface area contributed by atoms with Gasteiger partial charge in [0.15, 0.2) is 0 Å². The number of rotatable bonds is 4. The van der Waals surface area contributed by atoms with Gasteiger partial charge in [-0.1, -0.05) is 13.8 Å². The number of carbonyl (C=O) groups is 2. The fourth-order valence-electron chi connectivity index (χ4n) is 2.31. The molecule has 4 nitrogen and oxygen atoms in total. The van der Waals surface area contributed by atoms with Crippen molar-refractivity contribution in [3.05, 3.63) is 0 Å². The van der Waals surface area contributed by atoms with E-state index in [9.17, 15) is 14.7 Å². The highest BCUT2D eigenvalue weighted by Crippen LogP contribution is 2.28. The molecule has 0 bridgehead atoms. The number of hydrogen-bond acceptors (Lipinski definition) is 2. The van der Waals surface area contributed by atoms with Crippen LogP contribution in [0.25, 0.3) is 0 Å². The first-order valence-corrected chi connectivity index (χ1v) is 5.62. The van der Waals surface area contributed by atoms with Crippen molar-refractivity contribution in [2.24, 2.45) is 0 Å². The maximum Gasteiger partial charge on any atom is 0.329 e. The molecule has 1 saturated heterocycles. The second kappa shape index (κ2) is 4.64. The molecule has 1 N–H and O–H groups in total. The number of likely N-dealkylation sites (tertiary alicyclic amines) is 1. The standard InChI is InChI=1S/C11H19NO3/c1-3-11(4-2,10(14)15)12-8-6-5-7-9(12)13/h3-8H2,1-2H3,(H,14,15). The van der Waals surface area contributed by atoms with Gasteiger partial charge in [-0.2, -0.15) is 0 Å². The number of amides is 1. The number of nitrogens with zero attached hydrogens (tertiary/aromatic N) is 1. The topological polar surface area (TPSA) is 57.6 Å². The van der Waals surface area contributed by atoms with Crippen molar-refractivity contribution in [1.29, 1.82) is 0 Å². The summed E-state index contributed by atoms with van der Waals surface area (Å²) in [5.41, 5.74) is -0.975. The Morgan fingerprint density at radius 3 is 2.40 bits per heavy atom. The summed E-state index contributed by atoms with van der Waals surface area (Å²) < 4.78 is 0. The van der Waals surface area contributed by atoms with Crippen molar-refractivity contribution in [1.82, 2.24) is 4.90 Å². The predicted octanol–water partition coefficient (Wildman–Crippen LogP) is 1.64. The summed E-state index contributed by atoms with van der Waals surface area (Å²) in [6, 6.07) is 0. The van der Waals surface area contributed by atoms with Gasteiger partial charge in [0, 0.05) is 13.0 Å². The molecule has 0 aliphatic carbocycles. The van der Waals surface area contributed by atoms with Crippen LogP contribution in [0.1, 0.15) is 46.0 Å². The lowest BCUT2D eigenvalue weighted by Gasteiger charge is -2.41. The Bertz CT molecular complexity index is 259. The molecule has 0 atom stereocenters. The number of hydrogen-bond donors (Lipinski definition) is 1. The van der Waals surface area contributed by atoms with E-state index in [-0.39, 0.29) is 5.91 Å². The van der Waals surface area contributed by atoms with Crippen LogP contribution in [0.5, 0.6) is 0 Å². The van der Waals surface area contributed by atoms with E-state index in [4.69, 9.17) is 0 Å². The second-order valence-corrected chi connectivity index (χ2v) is 4.05. The fourth-order valence-corrected chi connectivity index (χ4v) is 2.31. The first-order chi connectivity index (χ1) is 7.08. The molecule has 1 fully saturated rings. The van der Waals surface area contributed by atoms with Crippen LogP contribution in [-0.4, -0.2) is 34.0 Å². The minimum Gasteiger partial charge on any atom is -0.479 e. The molecule has 4 heteroatoms. The van der Waals surface area contributed by atoms with Crippen LogP contribution in [0.15, 0.2) is 0 Å². The van der Waals surface area contributed by atoms with E-state index >= 15 is 0 Å². The molecule has 0 unspecified atom stereocenters. The molecular formula is C11H19NO3. The van der Waals surface area contributed by atoms with Gasteiger partial charge in [-0.25, -0.2) is 4.79 Å². The van der Waals surface area contributed by atoms with E-state index in [0.717, 1.165) is 12.8 Å². The first kappa shape index (κ1) is 12.0. The molecule has 0 spiro atoms. The number of piperidine rings is 1. The summed E-state index contributed by atoms with van der Waals surface area (Å²) in [7, 11) is 0. The largest absolute Gasteiger partial charge is 0.479 e. The van der Waals surface area contributed by atoms with Gasteiger partial charge in [-0.3, -0.25) is 4.79 Å². The Labute approximate surface area is 90.3 Å². The predicted molar refractivity (Wildman–Crippen MR) is 56.5 cm³/mol. The average Bonchev–Trinajstić information content (AvgIpc) is 2.22. The number of carboxylic acids is 1. The molecule has 0 aromatic heterocycles. The SMILES string of the molecule is CCC(CC)(C(=O)O)N1CCCCC1=O. The lowest BCUT2D eigenvalue weighted by atomic mass is 9.88. The summed E-state index contributed by atoms with van der Waals surface area (Å²) in [5.74, 6) is -0.880. The van der Waals surface area contributed by atoms with Gasteiger partial charge in [-0.15, -0.1) is 0 Å². The van der Waals surface area contributed by atoms with Crippen LogP contribution in [0, 0.1) is 0 Å². The molecule has 1 aliphatic rings. The fraction of sp³-hybridized carbons (Fsp3) is 0.818. The molecule has 0 saturated carbocycles. The Kier molecular flexibility index (Phi) is 3.72. The zero-order valence-electron chi connectivity index (χ0n) is 9.45. The zero-order chi connectivity index (χ0) is 11.5. The summed E-state index contributed by atoms with van der Waals surface area (Å²) >= 11 is 0. The third-order valence-electron chi connectivity index (χ3n) is 3.41. The molecule has 86 valence electrons. The highest BCUT2D eigenvalue weighted by molar-refractivity contribution is 5.87. The highest BCUT2D eigenvalue weighted by Gasteiger charge is 2.44. The van der Waals surface area contributed by atoms with Crippen molar-refractivity contribution in [2.75, 3.05) is 6.54 Å². The molecule has 1 heterocycles. The van der Waals surface area contributed by atoms with Crippen molar-refractivity contribution in [2.45, 2.75) is 51.5 Å². The number of carbonyl (C=O) groups excluding carboxylic acids is 1. The minimum absolute atomic E-state index is 0.00708. The Morgan fingerprint density at radius 1 is 1.40 bits per heavy atom. The van der Waals surface area contributed by atoms with E-state index in [1.165, 1.54) is 0 Å². The van der Waals surface area contributed by atoms with Gasteiger partial charge in [0.05, 0.1) is 0 Å². The molecule has 15 heavy (non-hydrogen) atoms. The zero-order valence-corrected chi connectivity index (χ0v) is 9.45. The third kappa shape index (κ3) is 1.98. The van der Waals surface area contributed by atoms with Gasteiger partial charge >= 0.3 is 5.97 Å². The maximum absolute atomic E-state index is 11.7. The van der Waals surface area contributed by atoms with Crippen molar-refractivity contribution >= 4 is 11.9 Å². The molecule has 0 aromatic rings. The Hall–Kier alpha value is -1.06. The highest BCUT2D eigenvalue weighted by atomic mass is 16.4. The summed E-state index contributed by atoms with van der Waals surface area (Å²) in [4.78, 5) is 24.6. The quantitative estimate of drug-likeness (QED) is 0.772. The summed E-state index contributed by atoms with van der Waals surface area (Å²) in [6.07, 6.45) is 3.25.